The molecule has 0 heterocycles. The van der Waals surface area contributed by atoms with Crippen LogP contribution in [0.15, 0.2) is 18.2 Å². The number of hydrogen-bond donors (Lipinski definition) is 3. The van der Waals surface area contributed by atoms with Gasteiger partial charge in [-0.2, -0.15) is 0 Å². The molecule has 1 atom stereocenters. The quantitative estimate of drug-likeness (QED) is 0.718. The Bertz CT molecular complexity index is 595. The fourth-order valence-corrected chi connectivity index (χ4v) is 2.02. The third-order valence-corrected chi connectivity index (χ3v) is 3.13. The summed E-state index contributed by atoms with van der Waals surface area (Å²) in [6.45, 7) is 2.57. The molecule has 9 heteroatoms. The number of nitrogens with one attached hydrogen (secondary N) is 2. The largest absolute Gasteiger partial charge is 0.352 e. The monoisotopic (exact) mass is 339 g/mol. The van der Waals surface area contributed by atoms with Gasteiger partial charge in [-0.25, -0.2) is 12.8 Å². The summed E-state index contributed by atoms with van der Waals surface area (Å²) >= 11 is 0. The van der Waals surface area contributed by atoms with Crippen molar-refractivity contribution in [3.8, 4) is 0 Å². The Morgan fingerprint density at radius 3 is 2.57 bits per heavy atom. The van der Waals surface area contributed by atoms with Crippen LogP contribution in [0.2, 0.25) is 0 Å². The lowest BCUT2D eigenvalue weighted by Gasteiger charge is -2.13. The second-order valence-corrected chi connectivity index (χ2v) is 6.36. The van der Waals surface area contributed by atoms with E-state index in [-0.39, 0.29) is 29.6 Å². The average Bonchev–Trinajstić information content (AvgIpc) is 2.36. The van der Waals surface area contributed by atoms with E-state index < -0.39 is 21.7 Å². The minimum absolute atomic E-state index is 0. The van der Waals surface area contributed by atoms with Gasteiger partial charge in [0.1, 0.15) is 5.82 Å². The molecular weight excluding hydrogens is 321 g/mol. The van der Waals surface area contributed by atoms with E-state index in [0.717, 1.165) is 18.4 Å². The molecule has 0 fully saturated rings. The molecular formula is C12H19ClFN3O3S. The van der Waals surface area contributed by atoms with Crippen LogP contribution < -0.4 is 15.8 Å². The molecule has 1 amide bonds. The number of halogens is 2. The van der Waals surface area contributed by atoms with Gasteiger partial charge in [0, 0.05) is 6.54 Å². The van der Waals surface area contributed by atoms with Crippen LogP contribution >= 0.6 is 12.4 Å². The highest BCUT2D eigenvalue weighted by Crippen LogP contribution is 2.18. The van der Waals surface area contributed by atoms with E-state index in [1.807, 2.05) is 6.92 Å². The van der Waals surface area contributed by atoms with Crippen molar-refractivity contribution in [2.45, 2.75) is 6.92 Å². The Balaban J connectivity index is 0.00000400. The van der Waals surface area contributed by atoms with E-state index in [4.69, 9.17) is 5.73 Å². The van der Waals surface area contributed by atoms with Gasteiger partial charge in [-0.05, 0) is 30.7 Å². The first kappa shape index (κ1) is 19.6. The fraction of sp³-hybridized carbons (Fsp3) is 0.417. The highest BCUT2D eigenvalue weighted by atomic mass is 35.5. The maximum absolute atomic E-state index is 13.2. The summed E-state index contributed by atoms with van der Waals surface area (Å²) in [5.41, 5.74) is 5.40. The lowest BCUT2D eigenvalue weighted by Crippen LogP contribution is -2.32. The Morgan fingerprint density at radius 1 is 1.43 bits per heavy atom. The molecule has 0 spiro atoms. The molecule has 1 unspecified atom stereocenters. The van der Waals surface area contributed by atoms with E-state index in [1.165, 1.54) is 6.07 Å². The maximum Gasteiger partial charge on any atom is 0.253 e. The van der Waals surface area contributed by atoms with Crippen molar-refractivity contribution >= 4 is 34.0 Å². The minimum atomic E-state index is -3.55. The Kier molecular flexibility index (Phi) is 7.62. The topological polar surface area (TPSA) is 101 Å². The van der Waals surface area contributed by atoms with Crippen LogP contribution in [0.25, 0.3) is 0 Å². The number of hydrogen-bond acceptors (Lipinski definition) is 4. The minimum Gasteiger partial charge on any atom is -0.352 e. The molecule has 1 aromatic carbocycles. The average molecular weight is 340 g/mol. The van der Waals surface area contributed by atoms with Gasteiger partial charge < -0.3 is 11.1 Å². The second kappa shape index (κ2) is 8.16. The molecule has 0 bridgehead atoms. The van der Waals surface area contributed by atoms with E-state index in [0.29, 0.717) is 13.1 Å². The van der Waals surface area contributed by atoms with Crippen LogP contribution in [0.1, 0.15) is 17.3 Å². The first-order valence-corrected chi connectivity index (χ1v) is 7.87. The van der Waals surface area contributed by atoms with Crippen LogP contribution in [0.4, 0.5) is 10.1 Å². The summed E-state index contributed by atoms with van der Waals surface area (Å²) in [6, 6.07) is 3.26. The zero-order valence-electron chi connectivity index (χ0n) is 11.7. The smallest absolute Gasteiger partial charge is 0.253 e. The Morgan fingerprint density at radius 2 is 2.05 bits per heavy atom. The highest BCUT2D eigenvalue weighted by molar-refractivity contribution is 7.92. The normalized spacial score (nSPS) is 12.2. The van der Waals surface area contributed by atoms with E-state index >= 15 is 0 Å². The van der Waals surface area contributed by atoms with Crippen LogP contribution in [-0.2, 0) is 10.0 Å². The van der Waals surface area contributed by atoms with Crippen molar-refractivity contribution in [1.82, 2.24) is 5.32 Å². The third kappa shape index (κ3) is 6.74. The van der Waals surface area contributed by atoms with Gasteiger partial charge in [-0.1, -0.05) is 6.92 Å². The molecule has 0 aromatic heterocycles. The summed E-state index contributed by atoms with van der Waals surface area (Å²) in [6.07, 6.45) is 0.953. The third-order valence-electron chi connectivity index (χ3n) is 2.54. The van der Waals surface area contributed by atoms with Gasteiger partial charge in [0.15, 0.2) is 0 Å². The summed E-state index contributed by atoms with van der Waals surface area (Å²) in [4.78, 5) is 12.0. The summed E-state index contributed by atoms with van der Waals surface area (Å²) in [5, 5.41) is 2.58. The molecule has 0 aliphatic rings. The van der Waals surface area contributed by atoms with Crippen LogP contribution in [0.5, 0.6) is 0 Å². The number of anilines is 1. The number of benzene rings is 1. The molecule has 6 nitrogen and oxygen atoms in total. The van der Waals surface area contributed by atoms with Crippen LogP contribution in [0, 0.1) is 11.7 Å². The van der Waals surface area contributed by atoms with Gasteiger partial charge >= 0.3 is 0 Å². The molecule has 0 saturated heterocycles. The predicted octanol–water partition coefficient (Wildman–Crippen LogP) is 0.944. The van der Waals surface area contributed by atoms with Gasteiger partial charge in [-0.15, -0.1) is 12.4 Å². The molecule has 120 valence electrons. The van der Waals surface area contributed by atoms with E-state index in [1.54, 1.807) is 0 Å². The lowest BCUT2D eigenvalue weighted by molar-refractivity contribution is 0.0949. The molecule has 21 heavy (non-hydrogen) atoms. The van der Waals surface area contributed by atoms with Crippen molar-refractivity contribution < 1.29 is 17.6 Å². The fourth-order valence-electron chi connectivity index (χ4n) is 1.44. The van der Waals surface area contributed by atoms with E-state index in [2.05, 4.69) is 10.0 Å². The predicted molar refractivity (Wildman–Crippen MR) is 82.7 cm³/mol. The number of rotatable bonds is 6. The van der Waals surface area contributed by atoms with Gasteiger partial charge in [0.25, 0.3) is 5.91 Å². The molecule has 0 saturated carbocycles. The number of nitrogens with two attached hydrogens (primary N) is 1. The molecule has 0 aliphatic heterocycles. The SMILES string of the molecule is CC(CN)CNC(=O)c1cc(F)ccc1NS(C)(=O)=O.Cl. The molecule has 4 N–H and O–H groups in total. The van der Waals surface area contributed by atoms with Crippen molar-refractivity contribution in [2.24, 2.45) is 11.7 Å². The van der Waals surface area contributed by atoms with E-state index in [9.17, 15) is 17.6 Å². The van der Waals surface area contributed by atoms with Crippen molar-refractivity contribution in [1.29, 1.82) is 0 Å². The standard InChI is InChI=1S/C12H18FN3O3S.ClH/c1-8(6-14)7-15-12(17)10-5-9(13)3-4-11(10)16-20(2,18)19;/h3-5,8,16H,6-7,14H2,1-2H3,(H,15,17);1H. The first-order chi connectivity index (χ1) is 9.23. The Labute approximate surface area is 129 Å². The second-order valence-electron chi connectivity index (χ2n) is 4.62. The van der Waals surface area contributed by atoms with Crippen LogP contribution in [-0.4, -0.2) is 33.7 Å². The first-order valence-electron chi connectivity index (χ1n) is 5.98. The molecule has 0 aliphatic carbocycles. The van der Waals surface area contributed by atoms with Gasteiger partial charge in [-0.3, -0.25) is 9.52 Å². The number of carbonyl (C=O) groups excluding carboxylic acids is 1. The molecule has 1 aromatic rings. The van der Waals surface area contributed by atoms with Gasteiger partial charge in [0.05, 0.1) is 17.5 Å². The molecule has 1 rings (SSSR count). The highest BCUT2D eigenvalue weighted by Gasteiger charge is 2.15. The zero-order valence-corrected chi connectivity index (χ0v) is 13.4. The summed E-state index contributed by atoms with van der Waals surface area (Å²) < 4.78 is 37.8. The van der Waals surface area contributed by atoms with Crippen LogP contribution in [0.3, 0.4) is 0 Å². The molecule has 0 radical (unpaired) electrons. The summed E-state index contributed by atoms with van der Waals surface area (Å²) in [5.74, 6) is -1.11. The maximum atomic E-state index is 13.2. The van der Waals surface area contributed by atoms with Crippen molar-refractivity contribution in [2.75, 3.05) is 24.1 Å². The Hall–Kier alpha value is -1.38. The van der Waals surface area contributed by atoms with Crippen molar-refractivity contribution in [3.05, 3.63) is 29.6 Å². The number of amides is 1. The lowest BCUT2D eigenvalue weighted by atomic mass is 10.1. The van der Waals surface area contributed by atoms with Crippen molar-refractivity contribution in [3.63, 3.8) is 0 Å². The van der Waals surface area contributed by atoms with Gasteiger partial charge in [0.2, 0.25) is 10.0 Å². The number of sulfonamides is 1. The number of carbonyl (C=O) groups is 1. The zero-order chi connectivity index (χ0) is 15.3. The summed E-state index contributed by atoms with van der Waals surface area (Å²) in [7, 11) is -3.55.